The Hall–Kier alpha value is -0.120. The van der Waals surface area contributed by atoms with Crippen LogP contribution < -0.4 is 0 Å². The highest BCUT2D eigenvalue weighted by molar-refractivity contribution is 5.05. The molecule has 13 heavy (non-hydrogen) atoms. The highest BCUT2D eigenvalue weighted by atomic mass is 16.5. The molecule has 2 heterocycles. The predicted octanol–water partition coefficient (Wildman–Crippen LogP) is 0.411. The van der Waals surface area contributed by atoms with Crippen LogP contribution in [-0.4, -0.2) is 62.3 Å². The summed E-state index contributed by atoms with van der Waals surface area (Å²) >= 11 is 0. The van der Waals surface area contributed by atoms with Crippen molar-refractivity contribution in [3.05, 3.63) is 0 Å². The minimum Gasteiger partial charge on any atom is -0.383 e. The van der Waals surface area contributed by atoms with Crippen LogP contribution in [0.3, 0.4) is 0 Å². The Kier molecular flexibility index (Phi) is 2.34. The fourth-order valence-electron chi connectivity index (χ4n) is 3.01. The van der Waals surface area contributed by atoms with Gasteiger partial charge in [-0.15, -0.1) is 0 Å². The fraction of sp³-hybridized carbons (Fsp3) is 1.00. The average molecular weight is 184 g/mol. The molecule has 2 atom stereocenters. The SMILES string of the molecule is COCC12CCC(CN(C)C1)N2C. The quantitative estimate of drug-likeness (QED) is 0.618. The fourth-order valence-corrected chi connectivity index (χ4v) is 3.01. The zero-order chi connectivity index (χ0) is 9.47. The van der Waals surface area contributed by atoms with Crippen molar-refractivity contribution in [2.24, 2.45) is 0 Å². The van der Waals surface area contributed by atoms with Crippen LogP contribution in [0, 0.1) is 0 Å². The number of piperazine rings is 1. The van der Waals surface area contributed by atoms with Gasteiger partial charge in [0, 0.05) is 26.2 Å². The van der Waals surface area contributed by atoms with Crippen LogP contribution >= 0.6 is 0 Å². The van der Waals surface area contributed by atoms with Crippen LogP contribution in [0.2, 0.25) is 0 Å². The summed E-state index contributed by atoms with van der Waals surface area (Å²) in [6, 6.07) is 0.758. The standard InChI is InChI=1S/C10H20N2O/c1-11-6-9-4-5-10(7-11,8-13-3)12(9)2/h9H,4-8H2,1-3H3. The first-order valence-corrected chi connectivity index (χ1v) is 5.08. The van der Waals surface area contributed by atoms with Crippen molar-refractivity contribution >= 4 is 0 Å². The Bertz CT molecular complexity index is 193. The second-order valence-electron chi connectivity index (χ2n) is 4.66. The minimum absolute atomic E-state index is 0.312. The third kappa shape index (κ3) is 1.39. The van der Waals surface area contributed by atoms with E-state index in [4.69, 9.17) is 4.74 Å². The summed E-state index contributed by atoms with van der Waals surface area (Å²) < 4.78 is 5.35. The molecule has 3 nitrogen and oxygen atoms in total. The molecule has 0 aliphatic carbocycles. The maximum atomic E-state index is 5.35. The molecule has 0 aromatic heterocycles. The Morgan fingerprint density at radius 3 is 2.92 bits per heavy atom. The highest BCUT2D eigenvalue weighted by Crippen LogP contribution is 2.37. The first kappa shape index (κ1) is 9.44. The summed E-state index contributed by atoms with van der Waals surface area (Å²) in [6.07, 6.45) is 2.64. The lowest BCUT2D eigenvalue weighted by Crippen LogP contribution is -2.61. The van der Waals surface area contributed by atoms with Crippen molar-refractivity contribution in [1.29, 1.82) is 0 Å². The third-order valence-corrected chi connectivity index (χ3v) is 3.74. The molecule has 0 spiro atoms. The Morgan fingerprint density at radius 2 is 2.23 bits per heavy atom. The monoisotopic (exact) mass is 184 g/mol. The van der Waals surface area contributed by atoms with Gasteiger partial charge in [0.25, 0.3) is 0 Å². The summed E-state index contributed by atoms with van der Waals surface area (Å²) in [5, 5.41) is 0. The Labute approximate surface area is 80.6 Å². The number of ether oxygens (including phenoxy) is 1. The second-order valence-corrected chi connectivity index (χ2v) is 4.66. The van der Waals surface area contributed by atoms with Crippen LogP contribution in [-0.2, 0) is 4.74 Å². The van der Waals surface area contributed by atoms with E-state index in [0.29, 0.717) is 5.54 Å². The minimum atomic E-state index is 0.312. The molecule has 2 unspecified atom stereocenters. The molecule has 2 fully saturated rings. The van der Waals surface area contributed by atoms with Gasteiger partial charge >= 0.3 is 0 Å². The molecule has 0 aromatic carbocycles. The molecule has 2 saturated heterocycles. The smallest absolute Gasteiger partial charge is 0.0659 e. The molecule has 2 bridgehead atoms. The molecule has 2 rings (SSSR count). The van der Waals surface area contributed by atoms with Crippen molar-refractivity contribution in [1.82, 2.24) is 9.80 Å². The van der Waals surface area contributed by atoms with E-state index in [1.807, 2.05) is 7.11 Å². The summed E-state index contributed by atoms with van der Waals surface area (Å²) in [5.41, 5.74) is 0.312. The van der Waals surface area contributed by atoms with Gasteiger partial charge in [0.1, 0.15) is 0 Å². The first-order valence-electron chi connectivity index (χ1n) is 5.08. The lowest BCUT2D eigenvalue weighted by atomic mass is 9.97. The van der Waals surface area contributed by atoms with E-state index in [0.717, 1.165) is 19.2 Å². The summed E-state index contributed by atoms with van der Waals surface area (Å²) in [5.74, 6) is 0. The van der Waals surface area contributed by atoms with Crippen LogP contribution in [0.25, 0.3) is 0 Å². The molecule has 76 valence electrons. The van der Waals surface area contributed by atoms with Crippen LogP contribution in [0.5, 0.6) is 0 Å². The molecule has 2 aliphatic heterocycles. The van der Waals surface area contributed by atoms with Gasteiger partial charge in [-0.2, -0.15) is 0 Å². The van der Waals surface area contributed by atoms with Crippen LogP contribution in [0.15, 0.2) is 0 Å². The summed E-state index contributed by atoms with van der Waals surface area (Å²) in [6.45, 7) is 3.26. The van der Waals surface area contributed by atoms with Crippen molar-refractivity contribution in [3.63, 3.8) is 0 Å². The Morgan fingerprint density at radius 1 is 1.46 bits per heavy atom. The van der Waals surface area contributed by atoms with Crippen molar-refractivity contribution in [3.8, 4) is 0 Å². The van der Waals surface area contributed by atoms with E-state index >= 15 is 0 Å². The van der Waals surface area contributed by atoms with E-state index < -0.39 is 0 Å². The summed E-state index contributed by atoms with van der Waals surface area (Å²) in [7, 11) is 6.28. The molecular weight excluding hydrogens is 164 g/mol. The van der Waals surface area contributed by atoms with Crippen LogP contribution in [0.1, 0.15) is 12.8 Å². The average Bonchev–Trinajstić information content (AvgIpc) is 2.32. The largest absolute Gasteiger partial charge is 0.383 e. The molecular formula is C10H20N2O. The van der Waals surface area contributed by atoms with Crippen molar-refractivity contribution < 1.29 is 4.74 Å². The molecule has 0 radical (unpaired) electrons. The van der Waals surface area contributed by atoms with Crippen LogP contribution in [0.4, 0.5) is 0 Å². The van der Waals surface area contributed by atoms with E-state index in [-0.39, 0.29) is 0 Å². The number of likely N-dealkylation sites (tertiary alicyclic amines) is 1. The van der Waals surface area contributed by atoms with Gasteiger partial charge in [-0.05, 0) is 26.9 Å². The van der Waals surface area contributed by atoms with Gasteiger partial charge in [0.15, 0.2) is 0 Å². The molecule has 0 aromatic rings. The topological polar surface area (TPSA) is 15.7 Å². The van der Waals surface area contributed by atoms with Crippen molar-refractivity contribution in [2.45, 2.75) is 24.4 Å². The van der Waals surface area contributed by atoms with E-state index in [1.165, 1.54) is 19.4 Å². The number of nitrogens with zero attached hydrogens (tertiary/aromatic N) is 2. The number of rotatable bonds is 2. The van der Waals surface area contributed by atoms with E-state index in [2.05, 4.69) is 23.9 Å². The normalized spacial score (nSPS) is 41.3. The molecule has 0 amide bonds. The highest BCUT2D eigenvalue weighted by Gasteiger charge is 2.48. The molecule has 2 aliphatic rings. The Balaban J connectivity index is 2.15. The van der Waals surface area contributed by atoms with Gasteiger partial charge in [-0.3, -0.25) is 4.90 Å². The lowest BCUT2D eigenvalue weighted by Gasteiger charge is -2.46. The predicted molar refractivity (Wildman–Crippen MR) is 52.9 cm³/mol. The van der Waals surface area contributed by atoms with E-state index in [9.17, 15) is 0 Å². The second kappa shape index (κ2) is 3.23. The molecule has 3 heteroatoms. The maximum Gasteiger partial charge on any atom is 0.0659 e. The molecule has 0 saturated carbocycles. The molecule has 0 N–H and O–H groups in total. The maximum absolute atomic E-state index is 5.35. The number of fused-ring (bicyclic) bond motifs is 2. The lowest BCUT2D eigenvalue weighted by molar-refractivity contribution is -0.0190. The number of hydrogen-bond donors (Lipinski definition) is 0. The number of hydrogen-bond acceptors (Lipinski definition) is 3. The van der Waals surface area contributed by atoms with Gasteiger partial charge in [-0.1, -0.05) is 0 Å². The van der Waals surface area contributed by atoms with Gasteiger partial charge in [-0.25, -0.2) is 0 Å². The van der Waals surface area contributed by atoms with Gasteiger partial charge in [0.05, 0.1) is 12.1 Å². The summed E-state index contributed by atoms with van der Waals surface area (Å²) in [4.78, 5) is 4.98. The first-order chi connectivity index (χ1) is 6.18. The number of methoxy groups -OCH3 is 1. The van der Waals surface area contributed by atoms with Gasteiger partial charge < -0.3 is 9.64 Å². The zero-order valence-corrected chi connectivity index (χ0v) is 8.92. The zero-order valence-electron chi connectivity index (χ0n) is 8.92. The number of likely N-dealkylation sites (N-methyl/N-ethyl adjacent to an activating group) is 2. The van der Waals surface area contributed by atoms with Gasteiger partial charge in [0.2, 0.25) is 0 Å². The van der Waals surface area contributed by atoms with Crippen molar-refractivity contribution in [2.75, 3.05) is 40.9 Å². The third-order valence-electron chi connectivity index (χ3n) is 3.74. The van der Waals surface area contributed by atoms with E-state index in [1.54, 1.807) is 0 Å².